The zero-order valence-electron chi connectivity index (χ0n) is 10.4. The molecule has 0 radical (unpaired) electrons. The Morgan fingerprint density at radius 1 is 1.32 bits per heavy atom. The molecule has 0 amide bonds. The SMILES string of the molecule is NC(N)=NCCCC(N)C(=O)O.NCCS(=O)(=O)O. The number of carboxylic acids is 1. The van der Waals surface area contributed by atoms with E-state index in [2.05, 4.69) is 4.99 Å². The van der Waals surface area contributed by atoms with Crippen LogP contribution in [0.15, 0.2) is 4.99 Å². The minimum atomic E-state index is -3.80. The zero-order valence-corrected chi connectivity index (χ0v) is 11.2. The largest absolute Gasteiger partial charge is 0.480 e. The Bertz CT molecular complexity index is 379. The Morgan fingerprint density at radius 2 is 1.84 bits per heavy atom. The van der Waals surface area contributed by atoms with E-state index in [1.165, 1.54) is 0 Å². The molecule has 1 atom stereocenters. The molecule has 10 nitrogen and oxygen atoms in total. The molecule has 0 aromatic carbocycles. The summed E-state index contributed by atoms with van der Waals surface area (Å²) in [6, 6.07) is -0.820. The van der Waals surface area contributed by atoms with E-state index in [1.54, 1.807) is 0 Å². The van der Waals surface area contributed by atoms with E-state index in [0.29, 0.717) is 19.4 Å². The Labute approximate surface area is 111 Å². The molecular weight excluding hydrogens is 278 g/mol. The Hall–Kier alpha value is -1.43. The first kappa shape index (κ1) is 19.9. The van der Waals surface area contributed by atoms with E-state index in [9.17, 15) is 13.2 Å². The van der Waals surface area contributed by atoms with Crippen LogP contribution in [0.2, 0.25) is 0 Å². The van der Waals surface area contributed by atoms with Gasteiger partial charge in [-0.2, -0.15) is 8.42 Å². The van der Waals surface area contributed by atoms with E-state index < -0.39 is 22.1 Å². The lowest BCUT2D eigenvalue weighted by Crippen LogP contribution is -2.30. The van der Waals surface area contributed by atoms with Crippen molar-refractivity contribution in [3.8, 4) is 0 Å². The van der Waals surface area contributed by atoms with E-state index in [1.807, 2.05) is 0 Å². The van der Waals surface area contributed by atoms with Crippen molar-refractivity contribution < 1.29 is 22.9 Å². The maximum atomic E-state index is 10.2. The van der Waals surface area contributed by atoms with Crippen LogP contribution in [0.5, 0.6) is 0 Å². The van der Waals surface area contributed by atoms with Gasteiger partial charge in [0.2, 0.25) is 0 Å². The van der Waals surface area contributed by atoms with Gasteiger partial charge in [0.25, 0.3) is 10.1 Å². The smallest absolute Gasteiger partial charge is 0.320 e. The number of nitrogens with two attached hydrogens (primary N) is 4. The van der Waals surface area contributed by atoms with Crippen molar-refractivity contribution in [2.24, 2.45) is 27.9 Å². The summed E-state index contributed by atoms with van der Waals surface area (Å²) >= 11 is 0. The number of guanidine groups is 1. The van der Waals surface area contributed by atoms with Crippen molar-refractivity contribution in [2.75, 3.05) is 18.8 Å². The van der Waals surface area contributed by atoms with Gasteiger partial charge in [-0.05, 0) is 12.8 Å². The molecule has 0 bridgehead atoms. The predicted molar refractivity (Wildman–Crippen MR) is 71.0 cm³/mol. The third-order valence-corrected chi connectivity index (χ3v) is 2.41. The van der Waals surface area contributed by atoms with Gasteiger partial charge in [-0.25, -0.2) is 0 Å². The standard InChI is InChI=1S/C6H14N4O2.C2H7NO3S/c7-4(5(11)12)2-1-3-10-6(8)9;3-1-2-7(4,5)6/h4H,1-3,7H2,(H,11,12)(H4,8,9,10);1-3H2,(H,4,5,6). The minimum Gasteiger partial charge on any atom is -0.480 e. The second-order valence-corrected chi connectivity index (χ2v) is 5.04. The van der Waals surface area contributed by atoms with Crippen molar-refractivity contribution in [1.29, 1.82) is 0 Å². The summed E-state index contributed by atoms with van der Waals surface area (Å²) in [6.07, 6.45) is 0.956. The zero-order chi connectivity index (χ0) is 15.5. The molecule has 0 saturated heterocycles. The van der Waals surface area contributed by atoms with E-state index in [0.717, 1.165) is 0 Å². The van der Waals surface area contributed by atoms with Gasteiger partial charge in [0.15, 0.2) is 5.96 Å². The summed E-state index contributed by atoms with van der Waals surface area (Å²) in [4.78, 5) is 13.9. The van der Waals surface area contributed by atoms with Crippen LogP contribution in [-0.4, -0.2) is 54.9 Å². The summed E-state index contributed by atoms with van der Waals surface area (Å²) in [5.41, 5.74) is 20.1. The third kappa shape index (κ3) is 19.1. The van der Waals surface area contributed by atoms with Crippen LogP contribution in [0.3, 0.4) is 0 Å². The van der Waals surface area contributed by atoms with Crippen molar-refractivity contribution in [1.82, 2.24) is 0 Å². The first-order valence-corrected chi connectivity index (χ1v) is 6.90. The first-order chi connectivity index (χ1) is 8.60. The molecule has 0 aromatic heterocycles. The highest BCUT2D eigenvalue weighted by molar-refractivity contribution is 7.85. The fraction of sp³-hybridized carbons (Fsp3) is 0.750. The highest BCUT2D eigenvalue weighted by Gasteiger charge is 2.09. The molecule has 10 N–H and O–H groups in total. The lowest BCUT2D eigenvalue weighted by atomic mass is 10.2. The van der Waals surface area contributed by atoms with E-state index >= 15 is 0 Å². The third-order valence-electron chi connectivity index (χ3n) is 1.66. The van der Waals surface area contributed by atoms with Gasteiger partial charge < -0.3 is 28.0 Å². The Balaban J connectivity index is 0. The highest BCUT2D eigenvalue weighted by Crippen LogP contribution is 1.94. The molecule has 0 aliphatic carbocycles. The van der Waals surface area contributed by atoms with Crippen LogP contribution < -0.4 is 22.9 Å². The first-order valence-electron chi connectivity index (χ1n) is 5.29. The minimum absolute atomic E-state index is 0.0129. The van der Waals surface area contributed by atoms with Crippen molar-refractivity contribution >= 4 is 22.0 Å². The van der Waals surface area contributed by atoms with Gasteiger partial charge in [0.1, 0.15) is 6.04 Å². The molecule has 19 heavy (non-hydrogen) atoms. The highest BCUT2D eigenvalue weighted by atomic mass is 32.2. The topological polar surface area (TPSA) is 208 Å². The molecule has 0 fully saturated rings. The average molecular weight is 299 g/mol. The van der Waals surface area contributed by atoms with Gasteiger partial charge in [-0.1, -0.05) is 0 Å². The summed E-state index contributed by atoms with van der Waals surface area (Å²) in [5.74, 6) is -1.34. The van der Waals surface area contributed by atoms with Crippen LogP contribution in [0, 0.1) is 0 Å². The number of nitrogens with zero attached hydrogens (tertiary/aromatic N) is 1. The molecule has 0 aromatic rings. The molecule has 0 aliphatic heterocycles. The van der Waals surface area contributed by atoms with Crippen LogP contribution in [0.25, 0.3) is 0 Å². The maximum Gasteiger partial charge on any atom is 0.320 e. The van der Waals surface area contributed by atoms with Crippen molar-refractivity contribution in [2.45, 2.75) is 18.9 Å². The molecule has 0 aliphatic rings. The number of carbonyl (C=O) groups is 1. The summed E-state index contributed by atoms with van der Waals surface area (Å²) in [6.45, 7) is 0.391. The van der Waals surface area contributed by atoms with Gasteiger partial charge in [-0.3, -0.25) is 14.3 Å². The summed E-state index contributed by atoms with van der Waals surface area (Å²) in [5, 5.41) is 8.38. The summed E-state index contributed by atoms with van der Waals surface area (Å²) in [7, 11) is -3.80. The van der Waals surface area contributed by atoms with Crippen molar-refractivity contribution in [3.05, 3.63) is 0 Å². The monoisotopic (exact) mass is 299 g/mol. The molecular formula is C8H21N5O5S. The number of hydrogen-bond acceptors (Lipinski definition) is 6. The number of hydrogen-bond donors (Lipinski definition) is 6. The number of aliphatic carboxylic acids is 1. The quantitative estimate of drug-likeness (QED) is 0.125. The second kappa shape index (κ2) is 10.5. The fourth-order valence-corrected chi connectivity index (χ4v) is 1.09. The average Bonchev–Trinajstić information content (AvgIpc) is 2.22. The molecule has 11 heteroatoms. The van der Waals surface area contributed by atoms with Gasteiger partial charge in [0.05, 0.1) is 5.75 Å². The van der Waals surface area contributed by atoms with Crippen molar-refractivity contribution in [3.63, 3.8) is 0 Å². The lowest BCUT2D eigenvalue weighted by molar-refractivity contribution is -0.138. The predicted octanol–water partition coefficient (Wildman–Crippen LogP) is -2.72. The number of rotatable bonds is 7. The van der Waals surface area contributed by atoms with E-state index in [-0.39, 0.29) is 18.3 Å². The van der Waals surface area contributed by atoms with Crippen LogP contribution >= 0.6 is 0 Å². The number of aliphatic imine (C=N–C) groups is 1. The molecule has 0 heterocycles. The summed E-state index contributed by atoms with van der Waals surface area (Å²) < 4.78 is 27.3. The normalized spacial score (nSPS) is 11.9. The molecule has 1 unspecified atom stereocenters. The Kier molecular flexibility index (Phi) is 11.0. The van der Waals surface area contributed by atoms with Crippen LogP contribution in [-0.2, 0) is 14.9 Å². The lowest BCUT2D eigenvalue weighted by Gasteiger charge is -2.03. The van der Waals surface area contributed by atoms with E-state index in [4.69, 9.17) is 32.6 Å². The van der Waals surface area contributed by atoms with Gasteiger partial charge >= 0.3 is 5.97 Å². The molecule has 0 rings (SSSR count). The van der Waals surface area contributed by atoms with Crippen LogP contribution in [0.1, 0.15) is 12.8 Å². The van der Waals surface area contributed by atoms with Gasteiger partial charge in [0, 0.05) is 13.1 Å². The maximum absolute atomic E-state index is 10.2. The second-order valence-electron chi connectivity index (χ2n) is 3.47. The Morgan fingerprint density at radius 3 is 2.11 bits per heavy atom. The molecule has 0 saturated carbocycles. The number of carboxylic acid groups (broad SMARTS) is 1. The molecule has 0 spiro atoms. The van der Waals surface area contributed by atoms with Gasteiger partial charge in [-0.15, -0.1) is 0 Å². The van der Waals surface area contributed by atoms with Crippen LogP contribution in [0.4, 0.5) is 0 Å². The fourth-order valence-electron chi connectivity index (χ4n) is 0.792. The molecule has 114 valence electrons.